The lowest BCUT2D eigenvalue weighted by atomic mass is 9.97. The Morgan fingerprint density at radius 1 is 1.37 bits per heavy atom. The maximum absolute atomic E-state index is 13.8. The lowest BCUT2D eigenvalue weighted by Gasteiger charge is -2.19. The number of hydrogen-bond donors (Lipinski definition) is 1. The van der Waals surface area contributed by atoms with Crippen molar-refractivity contribution in [1.82, 2.24) is 10.3 Å². The third-order valence-electron chi connectivity index (χ3n) is 3.24. The molecule has 0 aliphatic rings. The quantitative estimate of drug-likeness (QED) is 0.923. The Morgan fingerprint density at radius 3 is 2.84 bits per heavy atom. The Bertz CT molecular complexity index is 572. The van der Waals surface area contributed by atoms with Gasteiger partial charge in [0.25, 0.3) is 0 Å². The molecule has 19 heavy (non-hydrogen) atoms. The zero-order chi connectivity index (χ0) is 13.8. The van der Waals surface area contributed by atoms with Crippen molar-refractivity contribution in [3.8, 4) is 0 Å². The maximum Gasteiger partial charge on any atom is 0.126 e. The molecule has 1 unspecified atom stereocenters. The van der Waals surface area contributed by atoms with Gasteiger partial charge in [-0.3, -0.25) is 4.98 Å². The van der Waals surface area contributed by atoms with Crippen molar-refractivity contribution in [3.63, 3.8) is 0 Å². The predicted molar refractivity (Wildman–Crippen MR) is 75.9 cm³/mol. The minimum Gasteiger partial charge on any atom is -0.313 e. The third kappa shape index (κ3) is 3.31. The van der Waals surface area contributed by atoms with Gasteiger partial charge >= 0.3 is 0 Å². The predicted octanol–water partition coefficient (Wildman–Crippen LogP) is 3.69. The molecule has 1 N–H and O–H groups in total. The van der Waals surface area contributed by atoms with E-state index in [2.05, 4.69) is 10.3 Å². The summed E-state index contributed by atoms with van der Waals surface area (Å²) in [6.45, 7) is 2.02. The number of benzene rings is 1. The molecule has 2 nitrogen and oxygen atoms in total. The van der Waals surface area contributed by atoms with E-state index in [0.717, 1.165) is 11.1 Å². The molecule has 1 heterocycles. The molecule has 1 aromatic heterocycles. The van der Waals surface area contributed by atoms with Gasteiger partial charge in [0, 0.05) is 23.5 Å². The van der Waals surface area contributed by atoms with Gasteiger partial charge < -0.3 is 5.32 Å². The molecule has 0 saturated carbocycles. The number of likely N-dealkylation sites (N-methyl/N-ethyl adjacent to an activating group) is 1. The van der Waals surface area contributed by atoms with Gasteiger partial charge in [-0.25, -0.2) is 4.39 Å². The van der Waals surface area contributed by atoms with Gasteiger partial charge in [-0.15, -0.1) is 0 Å². The zero-order valence-corrected chi connectivity index (χ0v) is 11.7. The van der Waals surface area contributed by atoms with Crippen molar-refractivity contribution < 1.29 is 4.39 Å². The molecule has 0 saturated heterocycles. The number of rotatable bonds is 4. The van der Waals surface area contributed by atoms with Crippen LogP contribution in [0.25, 0.3) is 0 Å². The van der Waals surface area contributed by atoms with Gasteiger partial charge in [0.1, 0.15) is 5.82 Å². The Balaban J connectivity index is 2.29. The summed E-state index contributed by atoms with van der Waals surface area (Å²) in [7, 11) is 1.86. The van der Waals surface area contributed by atoms with Gasteiger partial charge in [0.2, 0.25) is 0 Å². The van der Waals surface area contributed by atoms with Crippen LogP contribution in [0.15, 0.2) is 36.7 Å². The van der Waals surface area contributed by atoms with Crippen LogP contribution in [0.3, 0.4) is 0 Å². The van der Waals surface area contributed by atoms with E-state index in [0.29, 0.717) is 17.0 Å². The van der Waals surface area contributed by atoms with Crippen molar-refractivity contribution in [2.45, 2.75) is 19.4 Å². The number of nitrogens with zero attached hydrogens (tertiary/aromatic N) is 1. The smallest absolute Gasteiger partial charge is 0.126 e. The van der Waals surface area contributed by atoms with Crippen LogP contribution in [0.2, 0.25) is 5.02 Å². The number of pyridine rings is 1. The van der Waals surface area contributed by atoms with E-state index in [1.165, 1.54) is 6.07 Å². The lowest BCUT2D eigenvalue weighted by Crippen LogP contribution is -2.20. The summed E-state index contributed by atoms with van der Waals surface area (Å²) in [6, 6.07) is 6.60. The molecule has 0 amide bonds. The normalized spacial score (nSPS) is 12.4. The Hall–Kier alpha value is -1.45. The molecule has 0 bridgehead atoms. The summed E-state index contributed by atoms with van der Waals surface area (Å²) < 4.78 is 13.8. The largest absolute Gasteiger partial charge is 0.313 e. The molecule has 4 heteroatoms. The average molecular weight is 279 g/mol. The molecule has 0 fully saturated rings. The van der Waals surface area contributed by atoms with Crippen molar-refractivity contribution >= 4 is 11.6 Å². The van der Waals surface area contributed by atoms with Gasteiger partial charge in [-0.05, 0) is 61.3 Å². The summed E-state index contributed by atoms with van der Waals surface area (Å²) >= 11 is 5.92. The second-order valence-corrected chi connectivity index (χ2v) is 4.95. The average Bonchev–Trinajstić information content (AvgIpc) is 2.41. The van der Waals surface area contributed by atoms with Gasteiger partial charge in [0.15, 0.2) is 0 Å². The fraction of sp³-hybridized carbons (Fsp3) is 0.267. The summed E-state index contributed by atoms with van der Waals surface area (Å²) in [5, 5.41) is 3.75. The van der Waals surface area contributed by atoms with Crippen LogP contribution in [0.4, 0.5) is 4.39 Å². The summed E-state index contributed by atoms with van der Waals surface area (Å²) in [5.74, 6) is -0.230. The second kappa shape index (κ2) is 6.13. The molecule has 1 atom stereocenters. The minimum atomic E-state index is -0.230. The van der Waals surface area contributed by atoms with E-state index in [9.17, 15) is 4.39 Å². The van der Waals surface area contributed by atoms with Crippen molar-refractivity contribution in [2.75, 3.05) is 7.05 Å². The second-order valence-electron chi connectivity index (χ2n) is 4.51. The fourth-order valence-corrected chi connectivity index (χ4v) is 2.32. The van der Waals surface area contributed by atoms with Crippen molar-refractivity contribution in [2.24, 2.45) is 0 Å². The molecule has 0 radical (unpaired) electrons. The highest BCUT2D eigenvalue weighted by molar-refractivity contribution is 6.30. The van der Waals surface area contributed by atoms with Crippen LogP contribution in [0, 0.1) is 12.7 Å². The molecule has 100 valence electrons. The molecule has 2 rings (SSSR count). The van der Waals surface area contributed by atoms with Gasteiger partial charge in [-0.2, -0.15) is 0 Å². The van der Waals surface area contributed by atoms with E-state index in [4.69, 9.17) is 11.6 Å². The Morgan fingerprint density at radius 2 is 2.16 bits per heavy atom. The molecule has 2 aromatic rings. The van der Waals surface area contributed by atoms with E-state index in [1.54, 1.807) is 18.3 Å². The number of hydrogen-bond acceptors (Lipinski definition) is 2. The molecule has 0 aliphatic heterocycles. The minimum absolute atomic E-state index is 0.0154. The molecular weight excluding hydrogens is 263 g/mol. The number of halogens is 2. The Kier molecular flexibility index (Phi) is 4.51. The van der Waals surface area contributed by atoms with E-state index in [-0.39, 0.29) is 11.9 Å². The first-order valence-electron chi connectivity index (χ1n) is 6.13. The molecule has 0 spiro atoms. The van der Waals surface area contributed by atoms with Crippen LogP contribution in [0.5, 0.6) is 0 Å². The lowest BCUT2D eigenvalue weighted by molar-refractivity contribution is 0.551. The highest BCUT2D eigenvalue weighted by Crippen LogP contribution is 2.23. The van der Waals surface area contributed by atoms with Crippen molar-refractivity contribution in [1.29, 1.82) is 0 Å². The SMILES string of the molecule is CNC(Cc1cc(Cl)ccc1F)c1cnccc1C. The van der Waals surface area contributed by atoms with E-state index < -0.39 is 0 Å². The standard InChI is InChI=1S/C15H16ClFN2/c1-10-5-6-19-9-13(10)15(18-2)8-11-7-12(16)3-4-14(11)17/h3-7,9,15,18H,8H2,1-2H3. The monoisotopic (exact) mass is 278 g/mol. The first-order chi connectivity index (χ1) is 9.11. The first-order valence-corrected chi connectivity index (χ1v) is 6.51. The highest BCUT2D eigenvalue weighted by Gasteiger charge is 2.15. The molecular formula is C15H16ClFN2. The maximum atomic E-state index is 13.8. The van der Waals surface area contributed by atoms with Crippen molar-refractivity contribution in [3.05, 3.63) is 64.2 Å². The highest BCUT2D eigenvalue weighted by atomic mass is 35.5. The number of nitrogens with one attached hydrogen (secondary N) is 1. The van der Waals surface area contributed by atoms with Crippen LogP contribution < -0.4 is 5.32 Å². The fourth-order valence-electron chi connectivity index (χ4n) is 2.13. The third-order valence-corrected chi connectivity index (χ3v) is 3.47. The summed E-state index contributed by atoms with van der Waals surface area (Å²) in [5.41, 5.74) is 2.82. The topological polar surface area (TPSA) is 24.9 Å². The van der Waals surface area contributed by atoms with Gasteiger partial charge in [-0.1, -0.05) is 11.6 Å². The van der Waals surface area contributed by atoms with E-state index in [1.807, 2.05) is 26.2 Å². The molecule has 1 aromatic carbocycles. The number of aromatic nitrogens is 1. The Labute approximate surface area is 117 Å². The summed E-state index contributed by atoms with van der Waals surface area (Å²) in [4.78, 5) is 4.14. The first kappa shape index (κ1) is 14.0. The van der Waals surface area contributed by atoms with Crippen LogP contribution in [-0.2, 0) is 6.42 Å². The van der Waals surface area contributed by atoms with Crippen LogP contribution in [0.1, 0.15) is 22.7 Å². The summed E-state index contributed by atoms with van der Waals surface area (Å²) in [6.07, 6.45) is 4.11. The van der Waals surface area contributed by atoms with Crippen LogP contribution in [-0.4, -0.2) is 12.0 Å². The molecule has 0 aliphatic carbocycles. The zero-order valence-electron chi connectivity index (χ0n) is 11.0. The number of aryl methyl sites for hydroxylation is 1. The van der Waals surface area contributed by atoms with E-state index >= 15 is 0 Å². The van der Waals surface area contributed by atoms with Gasteiger partial charge in [0.05, 0.1) is 0 Å². The van der Waals surface area contributed by atoms with Crippen LogP contribution >= 0.6 is 11.6 Å².